The van der Waals surface area contributed by atoms with Gasteiger partial charge in [0.05, 0.1) is 16.7 Å². The molecule has 0 saturated carbocycles. The molecule has 0 fully saturated rings. The number of nitrogens with zero attached hydrogens (tertiary/aromatic N) is 1. The number of aliphatic hydroxyl groups excluding tert-OH is 1. The number of halogens is 3. The molecule has 1 aromatic heterocycles. The van der Waals surface area contributed by atoms with E-state index in [1.807, 2.05) is 6.92 Å². The number of rotatable bonds is 7. The van der Waals surface area contributed by atoms with E-state index in [1.54, 1.807) is 0 Å². The molecule has 0 bridgehead atoms. The zero-order chi connectivity index (χ0) is 20.9. The number of thiazole rings is 1. The van der Waals surface area contributed by atoms with Gasteiger partial charge >= 0.3 is 6.18 Å². The van der Waals surface area contributed by atoms with E-state index >= 15 is 0 Å². The quantitative estimate of drug-likeness (QED) is 0.646. The smallest absolute Gasteiger partial charge is 0.392 e. The van der Waals surface area contributed by atoms with Crippen LogP contribution in [0.4, 0.5) is 18.9 Å². The van der Waals surface area contributed by atoms with Gasteiger partial charge in [0.15, 0.2) is 0 Å². The first kappa shape index (κ1) is 21.8. The Bertz CT molecular complexity index is 850. The number of aliphatic hydroxyl groups is 1. The van der Waals surface area contributed by atoms with E-state index in [9.17, 15) is 27.9 Å². The van der Waals surface area contributed by atoms with E-state index in [-0.39, 0.29) is 23.5 Å². The zero-order valence-corrected chi connectivity index (χ0v) is 16.1. The number of amides is 2. The number of alkyl halides is 3. The second-order valence-electron chi connectivity index (χ2n) is 6.19. The Morgan fingerprint density at radius 2 is 1.96 bits per heavy atom. The van der Waals surface area contributed by atoms with E-state index in [0.29, 0.717) is 12.5 Å². The van der Waals surface area contributed by atoms with Crippen LogP contribution in [-0.4, -0.2) is 34.6 Å². The molecule has 2 amide bonds. The summed E-state index contributed by atoms with van der Waals surface area (Å²) in [6, 6.07) is 2.59. The highest BCUT2D eigenvalue weighted by Crippen LogP contribution is 2.32. The molecule has 3 N–H and O–H groups in total. The van der Waals surface area contributed by atoms with Gasteiger partial charge in [-0.1, -0.05) is 6.92 Å². The molecule has 0 unspecified atom stereocenters. The molecular weight excluding hydrogens is 395 g/mol. The van der Waals surface area contributed by atoms with E-state index in [4.69, 9.17) is 0 Å². The van der Waals surface area contributed by atoms with Crippen LogP contribution >= 0.6 is 11.3 Å². The zero-order valence-electron chi connectivity index (χ0n) is 15.3. The minimum absolute atomic E-state index is 0.103. The second kappa shape index (κ2) is 9.16. The highest BCUT2D eigenvalue weighted by atomic mass is 32.1. The molecule has 0 aliphatic rings. The van der Waals surface area contributed by atoms with Crippen molar-refractivity contribution in [2.45, 2.75) is 39.0 Å². The van der Waals surface area contributed by atoms with Crippen molar-refractivity contribution in [3.05, 3.63) is 45.4 Å². The number of hydrogen-bond acceptors (Lipinski definition) is 5. The summed E-state index contributed by atoms with van der Waals surface area (Å²) in [5.41, 5.74) is -1.42. The summed E-state index contributed by atoms with van der Waals surface area (Å²) in [7, 11) is 0. The van der Waals surface area contributed by atoms with Crippen LogP contribution in [0.3, 0.4) is 0 Å². The lowest BCUT2D eigenvalue weighted by molar-refractivity contribution is -0.137. The third-order valence-corrected chi connectivity index (χ3v) is 4.50. The number of nitrogens with one attached hydrogen (secondary N) is 2. The van der Waals surface area contributed by atoms with Crippen LogP contribution in [0, 0.1) is 0 Å². The molecule has 28 heavy (non-hydrogen) atoms. The van der Waals surface area contributed by atoms with Gasteiger partial charge in [-0.3, -0.25) is 9.59 Å². The monoisotopic (exact) mass is 415 g/mol. The van der Waals surface area contributed by atoms with Crippen molar-refractivity contribution in [2.24, 2.45) is 0 Å². The third-order valence-electron chi connectivity index (χ3n) is 3.59. The average Bonchev–Trinajstić information content (AvgIpc) is 3.07. The molecule has 1 atom stereocenters. The molecule has 0 spiro atoms. The lowest BCUT2D eigenvalue weighted by Gasteiger charge is -2.13. The number of aromatic nitrogens is 1. The first-order chi connectivity index (χ1) is 13.1. The summed E-state index contributed by atoms with van der Waals surface area (Å²) in [6.07, 6.45) is -3.99. The topological polar surface area (TPSA) is 91.3 Å². The number of carbonyl (C=O) groups is 2. The largest absolute Gasteiger partial charge is 0.416 e. The number of hydrogen-bond donors (Lipinski definition) is 3. The Labute approximate surface area is 163 Å². The summed E-state index contributed by atoms with van der Waals surface area (Å²) < 4.78 is 39.5. The lowest BCUT2D eigenvalue weighted by Crippen LogP contribution is -2.30. The van der Waals surface area contributed by atoms with Crippen LogP contribution in [0.25, 0.3) is 0 Å². The molecular formula is C18H20F3N3O3S. The second-order valence-corrected chi connectivity index (χ2v) is 7.13. The fourth-order valence-electron chi connectivity index (χ4n) is 2.28. The van der Waals surface area contributed by atoms with Crippen molar-refractivity contribution in [1.82, 2.24) is 10.3 Å². The molecule has 0 aliphatic carbocycles. The lowest BCUT2D eigenvalue weighted by atomic mass is 10.1. The highest BCUT2D eigenvalue weighted by molar-refractivity contribution is 7.09. The summed E-state index contributed by atoms with van der Waals surface area (Å²) in [5, 5.41) is 16.2. The first-order valence-corrected chi connectivity index (χ1v) is 9.42. The fraction of sp³-hybridized carbons (Fsp3) is 0.389. The SMILES string of the molecule is CCCc1nc(C(=O)Nc2cc(C(=O)NC[C@H](C)O)cc(C(F)(F)F)c2)cs1. The number of carbonyl (C=O) groups excluding carboxylic acids is 2. The molecule has 0 saturated heterocycles. The summed E-state index contributed by atoms with van der Waals surface area (Å²) in [6.45, 7) is 3.28. The molecule has 2 rings (SSSR count). The summed E-state index contributed by atoms with van der Waals surface area (Å²) >= 11 is 1.30. The van der Waals surface area contributed by atoms with Gasteiger partial charge in [0.2, 0.25) is 0 Å². The van der Waals surface area contributed by atoms with Gasteiger partial charge in [-0.2, -0.15) is 13.2 Å². The Kier molecular flexibility index (Phi) is 7.14. The highest BCUT2D eigenvalue weighted by Gasteiger charge is 2.32. The van der Waals surface area contributed by atoms with Gasteiger partial charge in [-0.05, 0) is 38.0 Å². The van der Waals surface area contributed by atoms with Crippen LogP contribution < -0.4 is 10.6 Å². The van der Waals surface area contributed by atoms with Crippen molar-refractivity contribution < 1.29 is 27.9 Å². The van der Waals surface area contributed by atoms with Crippen molar-refractivity contribution in [2.75, 3.05) is 11.9 Å². The maximum absolute atomic E-state index is 13.2. The van der Waals surface area contributed by atoms with Crippen molar-refractivity contribution >= 4 is 28.8 Å². The van der Waals surface area contributed by atoms with Crippen molar-refractivity contribution in [1.29, 1.82) is 0 Å². The van der Waals surface area contributed by atoms with Crippen LogP contribution in [0.15, 0.2) is 23.6 Å². The molecule has 0 radical (unpaired) electrons. The predicted molar refractivity (Wildman–Crippen MR) is 99.5 cm³/mol. The Balaban J connectivity index is 2.27. The van der Waals surface area contributed by atoms with Crippen LogP contribution in [-0.2, 0) is 12.6 Å². The normalized spacial score (nSPS) is 12.5. The first-order valence-electron chi connectivity index (χ1n) is 8.54. The van der Waals surface area contributed by atoms with E-state index in [0.717, 1.165) is 23.6 Å². The molecule has 1 heterocycles. The summed E-state index contributed by atoms with van der Waals surface area (Å²) in [5.74, 6) is -1.45. The van der Waals surface area contributed by atoms with E-state index < -0.39 is 29.7 Å². The minimum Gasteiger partial charge on any atom is -0.392 e. The number of benzene rings is 1. The Morgan fingerprint density at radius 3 is 2.57 bits per heavy atom. The van der Waals surface area contributed by atoms with Crippen LogP contribution in [0.2, 0.25) is 0 Å². The van der Waals surface area contributed by atoms with Gasteiger partial charge < -0.3 is 15.7 Å². The van der Waals surface area contributed by atoms with Gasteiger partial charge in [-0.25, -0.2) is 4.98 Å². The van der Waals surface area contributed by atoms with E-state index in [2.05, 4.69) is 15.6 Å². The predicted octanol–water partition coefficient (Wildman–Crippen LogP) is 3.48. The Hall–Kier alpha value is -2.46. The standard InChI is InChI=1S/C18H20F3N3O3S/c1-3-4-15-24-14(9-28-15)17(27)23-13-6-11(16(26)22-8-10(2)25)5-12(7-13)18(19,20)21/h5-7,9-10,25H,3-4,8H2,1-2H3,(H,22,26)(H,23,27)/t10-/m0/s1. The van der Waals surface area contributed by atoms with Gasteiger partial charge in [0.1, 0.15) is 5.69 Å². The van der Waals surface area contributed by atoms with Gasteiger partial charge in [0.25, 0.3) is 11.8 Å². The maximum atomic E-state index is 13.2. The number of anilines is 1. The van der Waals surface area contributed by atoms with Crippen molar-refractivity contribution in [3.63, 3.8) is 0 Å². The molecule has 10 heteroatoms. The average molecular weight is 415 g/mol. The van der Waals surface area contributed by atoms with E-state index in [1.165, 1.54) is 23.6 Å². The van der Waals surface area contributed by atoms with Crippen LogP contribution in [0.5, 0.6) is 0 Å². The van der Waals surface area contributed by atoms with Crippen LogP contribution in [0.1, 0.15) is 51.7 Å². The molecule has 6 nitrogen and oxygen atoms in total. The summed E-state index contributed by atoms with van der Waals surface area (Å²) in [4.78, 5) is 28.6. The number of aryl methyl sites for hydroxylation is 1. The molecule has 152 valence electrons. The molecule has 2 aromatic rings. The van der Waals surface area contributed by atoms with Gasteiger partial charge in [0, 0.05) is 23.2 Å². The minimum atomic E-state index is -4.70. The molecule has 1 aromatic carbocycles. The third kappa shape index (κ3) is 6.03. The molecule has 0 aliphatic heterocycles. The Morgan fingerprint density at radius 1 is 1.25 bits per heavy atom. The van der Waals surface area contributed by atoms with Gasteiger partial charge in [-0.15, -0.1) is 11.3 Å². The van der Waals surface area contributed by atoms with Crippen molar-refractivity contribution in [3.8, 4) is 0 Å². The fourth-order valence-corrected chi connectivity index (χ4v) is 3.16. The maximum Gasteiger partial charge on any atom is 0.416 e.